The third-order valence-electron chi connectivity index (χ3n) is 5.25. The second kappa shape index (κ2) is 12.0. The Hall–Kier alpha value is -3.68. The van der Waals surface area contributed by atoms with Crippen molar-refractivity contribution in [3.8, 4) is 0 Å². The molecule has 1 unspecified atom stereocenters. The quantitative estimate of drug-likeness (QED) is 0.260. The number of hydroxylamine groups is 1. The van der Waals surface area contributed by atoms with E-state index in [1.807, 2.05) is 6.92 Å². The maximum absolute atomic E-state index is 15.0. The van der Waals surface area contributed by atoms with Gasteiger partial charge in [-0.1, -0.05) is 13.8 Å². The van der Waals surface area contributed by atoms with Gasteiger partial charge in [-0.3, -0.25) is 13.8 Å². The number of aromatic nitrogens is 3. The number of benzene rings is 1. The van der Waals surface area contributed by atoms with Gasteiger partial charge in [-0.25, -0.2) is 24.8 Å². The molecule has 2 heterocycles. The molecule has 0 aliphatic carbocycles. The van der Waals surface area contributed by atoms with Crippen LogP contribution in [-0.4, -0.2) is 43.3 Å². The van der Waals surface area contributed by atoms with Crippen molar-refractivity contribution in [1.29, 1.82) is 0 Å². The Bertz CT molecular complexity index is 1300. The fourth-order valence-electron chi connectivity index (χ4n) is 3.52. The van der Waals surface area contributed by atoms with E-state index >= 15 is 0 Å². The number of carbonyl (C=O) groups is 1. The Morgan fingerprint density at radius 1 is 1.14 bits per heavy atom. The van der Waals surface area contributed by atoms with E-state index in [4.69, 9.17) is 4.84 Å². The van der Waals surface area contributed by atoms with E-state index in [1.54, 1.807) is 33.8 Å². The molecule has 13 heteroatoms. The molecule has 0 aliphatic heterocycles. The monoisotopic (exact) mass is 530 g/mol. The molecule has 37 heavy (non-hydrogen) atoms. The first-order chi connectivity index (χ1) is 17.5. The van der Waals surface area contributed by atoms with Crippen molar-refractivity contribution in [2.75, 3.05) is 28.6 Å². The number of halogens is 1. The molecule has 1 aromatic carbocycles. The number of nitrogens with one attached hydrogen (secondary N) is 3. The first-order valence-electron chi connectivity index (χ1n) is 11.4. The highest BCUT2D eigenvalue weighted by atomic mass is 32.2. The normalized spacial score (nSPS) is 11.8. The van der Waals surface area contributed by atoms with E-state index in [-0.39, 0.29) is 35.2 Å². The number of aryl methyl sites for hydroxylation is 2. The lowest BCUT2D eigenvalue weighted by molar-refractivity contribution is 0.0365. The SMILES string of the molecule is CCONC(=O)c1cnc(Nc2cc(C)nc(C)n2)cc1Nc1cc(F)c(C(C)C)cc1N(C)S(=O)[O-]. The lowest BCUT2D eigenvalue weighted by Gasteiger charge is -2.26. The Morgan fingerprint density at radius 3 is 2.49 bits per heavy atom. The third kappa shape index (κ3) is 6.96. The minimum absolute atomic E-state index is 0.0826. The molecule has 0 radical (unpaired) electrons. The summed E-state index contributed by atoms with van der Waals surface area (Å²) in [7, 11) is 1.34. The molecule has 1 atom stereocenters. The summed E-state index contributed by atoms with van der Waals surface area (Å²) in [6.45, 7) is 9.14. The maximum Gasteiger partial charge on any atom is 0.278 e. The van der Waals surface area contributed by atoms with Crippen LogP contribution in [0.3, 0.4) is 0 Å². The van der Waals surface area contributed by atoms with Crippen LogP contribution in [0.5, 0.6) is 0 Å². The fraction of sp³-hybridized carbons (Fsp3) is 0.333. The van der Waals surface area contributed by atoms with Gasteiger partial charge in [0, 0.05) is 42.3 Å². The van der Waals surface area contributed by atoms with Crippen molar-refractivity contribution in [3.63, 3.8) is 0 Å². The summed E-state index contributed by atoms with van der Waals surface area (Å²) < 4.78 is 39.5. The number of rotatable bonds is 10. The Morgan fingerprint density at radius 2 is 1.86 bits per heavy atom. The number of hydrogen-bond donors (Lipinski definition) is 3. The lowest BCUT2D eigenvalue weighted by atomic mass is 10.0. The number of nitrogens with zero attached hydrogens (tertiary/aromatic N) is 4. The van der Waals surface area contributed by atoms with Gasteiger partial charge < -0.3 is 19.5 Å². The van der Waals surface area contributed by atoms with Gasteiger partial charge in [-0.05, 0) is 44.4 Å². The molecule has 198 valence electrons. The van der Waals surface area contributed by atoms with Crippen LogP contribution in [0.1, 0.15) is 54.1 Å². The molecule has 2 aromatic heterocycles. The zero-order valence-electron chi connectivity index (χ0n) is 21.4. The average Bonchev–Trinajstić information content (AvgIpc) is 2.81. The molecule has 3 rings (SSSR count). The number of anilines is 5. The predicted octanol–water partition coefficient (Wildman–Crippen LogP) is 4.15. The lowest BCUT2D eigenvalue weighted by Crippen LogP contribution is -2.25. The minimum atomic E-state index is -2.63. The number of hydrogen-bond acceptors (Lipinski definition) is 9. The topological polar surface area (TPSA) is 144 Å². The molecule has 1 amide bonds. The van der Waals surface area contributed by atoms with Gasteiger partial charge in [-0.15, -0.1) is 0 Å². The van der Waals surface area contributed by atoms with Crippen molar-refractivity contribution in [2.45, 2.75) is 40.5 Å². The highest BCUT2D eigenvalue weighted by molar-refractivity contribution is 7.80. The summed E-state index contributed by atoms with van der Waals surface area (Å²) in [5, 5.41) is 6.07. The largest absolute Gasteiger partial charge is 0.755 e. The molecule has 0 aliphatic rings. The second-order valence-electron chi connectivity index (χ2n) is 8.43. The van der Waals surface area contributed by atoms with Gasteiger partial charge in [0.25, 0.3) is 5.91 Å². The van der Waals surface area contributed by atoms with E-state index < -0.39 is 23.0 Å². The van der Waals surface area contributed by atoms with Gasteiger partial charge in [0.2, 0.25) is 0 Å². The molecule has 3 aromatic rings. The predicted molar refractivity (Wildman–Crippen MR) is 139 cm³/mol. The van der Waals surface area contributed by atoms with E-state index in [0.717, 1.165) is 10.00 Å². The molecule has 0 fully saturated rings. The smallest absolute Gasteiger partial charge is 0.278 e. The maximum atomic E-state index is 15.0. The van der Waals surface area contributed by atoms with Crippen LogP contribution in [0, 0.1) is 19.7 Å². The number of carbonyl (C=O) groups excluding carboxylic acids is 1. The zero-order valence-corrected chi connectivity index (χ0v) is 22.2. The van der Waals surface area contributed by atoms with Gasteiger partial charge in [0.1, 0.15) is 23.3 Å². The highest BCUT2D eigenvalue weighted by Crippen LogP contribution is 2.35. The third-order valence-corrected chi connectivity index (χ3v) is 5.89. The van der Waals surface area contributed by atoms with Gasteiger partial charge in [-0.2, -0.15) is 0 Å². The van der Waals surface area contributed by atoms with Crippen molar-refractivity contribution in [1.82, 2.24) is 20.4 Å². The summed E-state index contributed by atoms with van der Waals surface area (Å²) in [6, 6.07) is 5.92. The molecule has 0 bridgehead atoms. The Balaban J connectivity index is 2.10. The number of amides is 1. The summed E-state index contributed by atoms with van der Waals surface area (Å²) in [4.78, 5) is 30.7. The average molecular weight is 531 g/mol. The van der Waals surface area contributed by atoms with E-state index in [9.17, 15) is 17.9 Å². The van der Waals surface area contributed by atoms with Crippen molar-refractivity contribution in [2.24, 2.45) is 0 Å². The number of pyridine rings is 1. The van der Waals surface area contributed by atoms with Crippen LogP contribution < -0.4 is 20.4 Å². The second-order valence-corrected chi connectivity index (χ2v) is 9.41. The molecule has 0 saturated heterocycles. The molecule has 3 N–H and O–H groups in total. The Kier molecular flexibility index (Phi) is 9.08. The first kappa shape index (κ1) is 27.9. The molecule has 0 spiro atoms. The summed E-state index contributed by atoms with van der Waals surface area (Å²) in [5.41, 5.74) is 4.03. The summed E-state index contributed by atoms with van der Waals surface area (Å²) in [5.74, 6) is 0.0709. The zero-order chi connectivity index (χ0) is 27.3. The van der Waals surface area contributed by atoms with Crippen molar-refractivity contribution >= 4 is 45.9 Å². The van der Waals surface area contributed by atoms with Crippen LogP contribution in [0.15, 0.2) is 30.5 Å². The summed E-state index contributed by atoms with van der Waals surface area (Å²) >= 11 is -2.63. The van der Waals surface area contributed by atoms with Crippen molar-refractivity contribution in [3.05, 3.63) is 58.9 Å². The van der Waals surface area contributed by atoms with Crippen LogP contribution in [0.4, 0.5) is 33.1 Å². The van der Waals surface area contributed by atoms with E-state index in [0.29, 0.717) is 23.0 Å². The van der Waals surface area contributed by atoms with Crippen LogP contribution in [-0.2, 0) is 16.1 Å². The van der Waals surface area contributed by atoms with Gasteiger partial charge >= 0.3 is 0 Å². The van der Waals surface area contributed by atoms with Gasteiger partial charge in [0.05, 0.1) is 29.2 Å². The van der Waals surface area contributed by atoms with E-state index in [1.165, 1.54) is 31.4 Å². The van der Waals surface area contributed by atoms with Crippen molar-refractivity contribution < 1.29 is 22.8 Å². The van der Waals surface area contributed by atoms with Gasteiger partial charge in [0.15, 0.2) is 0 Å². The minimum Gasteiger partial charge on any atom is -0.755 e. The first-order valence-corrected chi connectivity index (χ1v) is 12.5. The standard InChI is InChI=1S/C24H30FN7O4S/c1-7-36-31-24(33)17-12-26-22(30-23-8-14(4)27-15(5)28-23)11-19(17)29-20-10-18(25)16(13(2)3)9-21(20)32(6)37(34)35/h8-13H,7H2,1-6H3,(H,31,33)(H,34,35)(H2,26,27,28,29,30)/p-1. The molecule has 11 nitrogen and oxygen atoms in total. The molecular formula is C24H29FN7O4S-. The van der Waals surface area contributed by atoms with Crippen LogP contribution >= 0.6 is 0 Å². The molecular weight excluding hydrogens is 501 g/mol. The van der Waals surface area contributed by atoms with Crippen LogP contribution in [0.25, 0.3) is 0 Å². The van der Waals surface area contributed by atoms with E-state index in [2.05, 4.69) is 31.1 Å². The highest BCUT2D eigenvalue weighted by Gasteiger charge is 2.20. The summed E-state index contributed by atoms with van der Waals surface area (Å²) in [6.07, 6.45) is 1.31. The molecule has 0 saturated carbocycles. The fourth-order valence-corrected chi connectivity index (χ4v) is 3.83. The Labute approximate surface area is 217 Å². The van der Waals surface area contributed by atoms with Crippen LogP contribution in [0.2, 0.25) is 0 Å².